The van der Waals surface area contributed by atoms with Gasteiger partial charge in [-0.3, -0.25) is 4.90 Å². The van der Waals surface area contributed by atoms with Gasteiger partial charge in [-0.25, -0.2) is 0 Å². The monoisotopic (exact) mass is 242 g/mol. The zero-order valence-electron chi connectivity index (χ0n) is 10.9. The van der Waals surface area contributed by atoms with Crippen molar-refractivity contribution in [3.63, 3.8) is 0 Å². The first-order chi connectivity index (χ1) is 8.90. The van der Waals surface area contributed by atoms with Crippen LogP contribution in [0.15, 0.2) is 24.3 Å². The van der Waals surface area contributed by atoms with Crippen molar-refractivity contribution in [2.45, 2.75) is 25.3 Å². The maximum atomic E-state index is 3.54. The predicted molar refractivity (Wildman–Crippen MR) is 73.7 cm³/mol. The van der Waals surface area contributed by atoms with Crippen LogP contribution in [0.1, 0.15) is 17.5 Å². The zero-order valence-corrected chi connectivity index (χ0v) is 10.9. The number of rotatable bonds is 1. The third-order valence-corrected chi connectivity index (χ3v) is 5.25. The smallest absolute Gasteiger partial charge is 0.0139 e. The summed E-state index contributed by atoms with van der Waals surface area (Å²) < 4.78 is 0. The average Bonchev–Trinajstić information content (AvgIpc) is 2.99. The van der Waals surface area contributed by atoms with Crippen LogP contribution in [0.4, 0.5) is 0 Å². The largest absolute Gasteiger partial charge is 0.316 e. The van der Waals surface area contributed by atoms with E-state index in [2.05, 4.69) is 34.5 Å². The topological polar surface area (TPSA) is 15.3 Å². The van der Waals surface area contributed by atoms with Crippen LogP contribution in [0.2, 0.25) is 0 Å². The molecule has 2 aliphatic heterocycles. The molecule has 3 atom stereocenters. The van der Waals surface area contributed by atoms with Gasteiger partial charge in [-0.05, 0) is 55.3 Å². The van der Waals surface area contributed by atoms with E-state index in [1.54, 1.807) is 11.1 Å². The van der Waals surface area contributed by atoms with E-state index in [9.17, 15) is 0 Å². The molecule has 1 aromatic rings. The van der Waals surface area contributed by atoms with E-state index in [1.807, 2.05) is 0 Å². The van der Waals surface area contributed by atoms with E-state index in [-0.39, 0.29) is 0 Å². The van der Waals surface area contributed by atoms with Crippen LogP contribution in [0, 0.1) is 11.8 Å². The molecular formula is C16H22N2. The number of hydrogen-bond acceptors (Lipinski definition) is 2. The molecule has 0 spiro atoms. The second kappa shape index (κ2) is 4.36. The van der Waals surface area contributed by atoms with Gasteiger partial charge in [0, 0.05) is 19.1 Å². The summed E-state index contributed by atoms with van der Waals surface area (Å²) in [6, 6.07) is 9.84. The zero-order chi connectivity index (χ0) is 11.9. The minimum absolute atomic E-state index is 0.811. The Kier molecular flexibility index (Phi) is 2.66. The molecule has 0 amide bonds. The molecule has 18 heavy (non-hydrogen) atoms. The molecule has 2 saturated heterocycles. The van der Waals surface area contributed by atoms with Crippen molar-refractivity contribution in [2.24, 2.45) is 11.8 Å². The summed E-state index contributed by atoms with van der Waals surface area (Å²) in [5.74, 6) is 1.87. The summed E-state index contributed by atoms with van der Waals surface area (Å²) in [5.41, 5.74) is 3.19. The molecule has 0 bridgehead atoms. The Morgan fingerprint density at radius 1 is 1.00 bits per heavy atom. The van der Waals surface area contributed by atoms with Gasteiger partial charge in [-0.2, -0.15) is 0 Å². The van der Waals surface area contributed by atoms with Crippen LogP contribution in [0.3, 0.4) is 0 Å². The van der Waals surface area contributed by atoms with Crippen LogP contribution >= 0.6 is 0 Å². The summed E-state index contributed by atoms with van der Waals surface area (Å²) in [4.78, 5) is 2.78. The fourth-order valence-electron chi connectivity index (χ4n) is 4.18. The van der Waals surface area contributed by atoms with E-state index in [0.29, 0.717) is 0 Å². The molecule has 4 rings (SSSR count). The fraction of sp³-hybridized carbons (Fsp3) is 0.625. The molecule has 96 valence electrons. The Morgan fingerprint density at radius 3 is 2.50 bits per heavy atom. The lowest BCUT2D eigenvalue weighted by atomic mass is 9.87. The molecule has 1 N–H and O–H groups in total. The third kappa shape index (κ3) is 1.79. The van der Waals surface area contributed by atoms with Gasteiger partial charge < -0.3 is 5.32 Å². The number of hydrogen-bond donors (Lipinski definition) is 1. The van der Waals surface area contributed by atoms with Crippen LogP contribution in [0.5, 0.6) is 0 Å². The lowest BCUT2D eigenvalue weighted by Gasteiger charge is -2.33. The second-order valence-corrected chi connectivity index (χ2v) is 6.30. The normalized spacial score (nSPS) is 35.4. The Bertz CT molecular complexity index is 430. The lowest BCUT2D eigenvalue weighted by molar-refractivity contribution is 0.207. The lowest BCUT2D eigenvalue weighted by Crippen LogP contribution is -2.39. The van der Waals surface area contributed by atoms with Crippen LogP contribution < -0.4 is 5.32 Å². The van der Waals surface area contributed by atoms with Crippen molar-refractivity contribution in [2.75, 3.05) is 26.2 Å². The fourth-order valence-corrected chi connectivity index (χ4v) is 4.18. The highest BCUT2D eigenvalue weighted by atomic mass is 15.2. The highest BCUT2D eigenvalue weighted by Gasteiger charge is 2.39. The average molecular weight is 242 g/mol. The maximum Gasteiger partial charge on any atom is 0.0139 e. The van der Waals surface area contributed by atoms with Crippen molar-refractivity contribution in [1.82, 2.24) is 10.2 Å². The summed E-state index contributed by atoms with van der Waals surface area (Å²) in [6.45, 7) is 5.18. The first-order valence-corrected chi connectivity index (χ1v) is 7.42. The molecule has 1 aliphatic carbocycles. The van der Waals surface area contributed by atoms with Gasteiger partial charge in [0.25, 0.3) is 0 Å². The van der Waals surface area contributed by atoms with Crippen molar-refractivity contribution < 1.29 is 0 Å². The minimum atomic E-state index is 0.811. The Labute approximate surface area is 109 Å². The second-order valence-electron chi connectivity index (χ2n) is 6.30. The molecular weight excluding hydrogens is 220 g/mol. The van der Waals surface area contributed by atoms with Crippen LogP contribution in [0.25, 0.3) is 0 Å². The van der Waals surface area contributed by atoms with Gasteiger partial charge in [-0.1, -0.05) is 24.3 Å². The highest BCUT2D eigenvalue weighted by Crippen LogP contribution is 2.32. The Hall–Kier alpha value is -0.860. The first kappa shape index (κ1) is 11.0. The predicted octanol–water partition coefficient (Wildman–Crippen LogP) is 1.70. The van der Waals surface area contributed by atoms with Crippen LogP contribution in [-0.4, -0.2) is 37.1 Å². The molecule has 2 nitrogen and oxygen atoms in total. The number of benzene rings is 1. The molecule has 0 saturated carbocycles. The molecule has 3 aliphatic rings. The number of likely N-dealkylation sites (tertiary alicyclic amines) is 1. The van der Waals surface area contributed by atoms with Crippen molar-refractivity contribution >= 4 is 0 Å². The van der Waals surface area contributed by atoms with E-state index in [0.717, 1.165) is 17.9 Å². The number of aryl methyl sites for hydroxylation is 1. The molecule has 2 fully saturated rings. The van der Waals surface area contributed by atoms with Gasteiger partial charge in [0.1, 0.15) is 0 Å². The Morgan fingerprint density at radius 2 is 1.72 bits per heavy atom. The van der Waals surface area contributed by atoms with Gasteiger partial charge in [0.15, 0.2) is 0 Å². The molecule has 2 heteroatoms. The third-order valence-electron chi connectivity index (χ3n) is 5.25. The van der Waals surface area contributed by atoms with E-state index < -0.39 is 0 Å². The van der Waals surface area contributed by atoms with E-state index in [4.69, 9.17) is 0 Å². The quantitative estimate of drug-likeness (QED) is 0.806. The SMILES string of the molecule is c1ccc2c(c1)CCC(N1C[C@H]3CNC[C@H]3C1)C2. The standard InChI is InChI=1S/C16H22N2/c1-2-4-13-7-16(6-5-12(13)3-1)18-10-14-8-17-9-15(14)11-18/h1-4,14-17H,5-11H2/t14-,15+,16?. The Balaban J connectivity index is 1.48. The van der Waals surface area contributed by atoms with Crippen molar-refractivity contribution in [3.05, 3.63) is 35.4 Å². The first-order valence-electron chi connectivity index (χ1n) is 7.42. The van der Waals surface area contributed by atoms with Crippen LogP contribution in [-0.2, 0) is 12.8 Å². The number of nitrogens with one attached hydrogen (secondary N) is 1. The summed E-state index contributed by atoms with van der Waals surface area (Å²) in [5, 5.41) is 3.54. The molecule has 2 heterocycles. The van der Waals surface area contributed by atoms with Crippen molar-refractivity contribution in [1.29, 1.82) is 0 Å². The number of nitrogens with zero attached hydrogens (tertiary/aromatic N) is 1. The minimum Gasteiger partial charge on any atom is -0.316 e. The van der Waals surface area contributed by atoms with Gasteiger partial charge in [-0.15, -0.1) is 0 Å². The molecule has 0 aromatic heterocycles. The maximum absolute atomic E-state index is 3.54. The highest BCUT2D eigenvalue weighted by molar-refractivity contribution is 5.30. The van der Waals surface area contributed by atoms with Gasteiger partial charge in [0.05, 0.1) is 0 Å². The summed E-state index contributed by atoms with van der Waals surface area (Å²) >= 11 is 0. The summed E-state index contributed by atoms with van der Waals surface area (Å²) in [7, 11) is 0. The number of fused-ring (bicyclic) bond motifs is 2. The molecule has 1 aromatic carbocycles. The molecule has 0 radical (unpaired) electrons. The van der Waals surface area contributed by atoms with E-state index >= 15 is 0 Å². The summed E-state index contributed by atoms with van der Waals surface area (Å²) in [6.07, 6.45) is 3.93. The van der Waals surface area contributed by atoms with Gasteiger partial charge in [0.2, 0.25) is 0 Å². The van der Waals surface area contributed by atoms with E-state index in [1.165, 1.54) is 45.4 Å². The van der Waals surface area contributed by atoms with Gasteiger partial charge >= 0.3 is 0 Å². The molecule has 1 unspecified atom stereocenters. The van der Waals surface area contributed by atoms with Crippen molar-refractivity contribution in [3.8, 4) is 0 Å².